The van der Waals surface area contributed by atoms with Gasteiger partial charge < -0.3 is 5.73 Å². The Morgan fingerprint density at radius 3 is 2.07 bits per heavy atom. The van der Waals surface area contributed by atoms with Crippen molar-refractivity contribution in [3.8, 4) is 28.2 Å². The summed E-state index contributed by atoms with van der Waals surface area (Å²) in [7, 11) is 0. The van der Waals surface area contributed by atoms with E-state index >= 15 is 0 Å². The SMILES string of the molecule is Nc1ccc(-n2nc3c(=O)[nH]nc(-c4ccccc4)c3c2-c2ccccc2)cc1. The molecule has 140 valence electrons. The first-order valence-electron chi connectivity index (χ1n) is 9.20. The lowest BCUT2D eigenvalue weighted by atomic mass is 10.0. The number of nitrogens with one attached hydrogen (secondary N) is 1. The maximum atomic E-state index is 12.6. The number of aromatic amines is 1. The largest absolute Gasteiger partial charge is 0.399 e. The molecule has 5 aromatic rings. The molecule has 29 heavy (non-hydrogen) atoms. The van der Waals surface area contributed by atoms with Crippen molar-refractivity contribution in [2.45, 2.75) is 0 Å². The minimum atomic E-state index is -0.328. The van der Waals surface area contributed by atoms with Gasteiger partial charge in [0.15, 0.2) is 5.52 Å². The highest BCUT2D eigenvalue weighted by Crippen LogP contribution is 2.35. The Balaban J connectivity index is 1.92. The molecule has 0 fully saturated rings. The third-order valence-corrected chi connectivity index (χ3v) is 4.84. The lowest BCUT2D eigenvalue weighted by Crippen LogP contribution is -2.09. The summed E-state index contributed by atoms with van der Waals surface area (Å²) < 4.78 is 1.78. The lowest BCUT2D eigenvalue weighted by Gasteiger charge is -2.10. The summed E-state index contributed by atoms with van der Waals surface area (Å²) >= 11 is 0. The highest BCUT2D eigenvalue weighted by molar-refractivity contribution is 6.02. The van der Waals surface area contributed by atoms with Crippen LogP contribution in [0.25, 0.3) is 39.1 Å². The van der Waals surface area contributed by atoms with Gasteiger partial charge in [-0.1, -0.05) is 60.7 Å². The van der Waals surface area contributed by atoms with E-state index in [9.17, 15) is 4.79 Å². The Bertz CT molecular complexity index is 1350. The molecule has 0 aliphatic heterocycles. The van der Waals surface area contributed by atoms with Crippen molar-refractivity contribution in [2.24, 2.45) is 0 Å². The molecule has 2 aromatic heterocycles. The Labute approximate surface area is 166 Å². The molecule has 2 heterocycles. The molecule has 6 heteroatoms. The summed E-state index contributed by atoms with van der Waals surface area (Å²) in [4.78, 5) is 12.6. The minimum absolute atomic E-state index is 0.328. The van der Waals surface area contributed by atoms with E-state index in [0.29, 0.717) is 22.3 Å². The number of aromatic nitrogens is 4. The van der Waals surface area contributed by atoms with Crippen LogP contribution >= 0.6 is 0 Å². The fraction of sp³-hybridized carbons (Fsp3) is 0. The van der Waals surface area contributed by atoms with Crippen LogP contribution in [-0.4, -0.2) is 20.0 Å². The van der Waals surface area contributed by atoms with E-state index in [4.69, 9.17) is 5.73 Å². The van der Waals surface area contributed by atoms with Gasteiger partial charge in [-0.05, 0) is 24.3 Å². The zero-order chi connectivity index (χ0) is 19.8. The van der Waals surface area contributed by atoms with Crippen molar-refractivity contribution in [1.29, 1.82) is 0 Å². The Morgan fingerprint density at radius 1 is 0.793 bits per heavy atom. The maximum Gasteiger partial charge on any atom is 0.292 e. The second-order valence-corrected chi connectivity index (χ2v) is 6.71. The predicted octanol–water partition coefficient (Wildman–Crippen LogP) is 4.03. The normalized spacial score (nSPS) is 11.0. The van der Waals surface area contributed by atoms with Gasteiger partial charge in [0.1, 0.15) is 5.69 Å². The number of rotatable bonds is 3. The number of hydrogen-bond acceptors (Lipinski definition) is 4. The molecule has 0 atom stereocenters. The molecule has 6 nitrogen and oxygen atoms in total. The topological polar surface area (TPSA) is 89.6 Å². The smallest absolute Gasteiger partial charge is 0.292 e. The number of fused-ring (bicyclic) bond motifs is 1. The number of H-pyrrole nitrogens is 1. The average molecular weight is 379 g/mol. The molecule has 3 aromatic carbocycles. The van der Waals surface area contributed by atoms with Crippen LogP contribution in [0.15, 0.2) is 89.7 Å². The molecule has 0 saturated carbocycles. The summed E-state index contributed by atoms with van der Waals surface area (Å²) in [5.41, 5.74) is 10.7. The Hall–Kier alpha value is -4.19. The quantitative estimate of drug-likeness (QED) is 0.463. The lowest BCUT2D eigenvalue weighted by molar-refractivity contribution is 0.898. The highest BCUT2D eigenvalue weighted by atomic mass is 16.1. The summed E-state index contributed by atoms with van der Waals surface area (Å²) in [6.45, 7) is 0. The predicted molar refractivity (Wildman–Crippen MR) is 115 cm³/mol. The van der Waals surface area contributed by atoms with Gasteiger partial charge in [0.25, 0.3) is 5.56 Å². The van der Waals surface area contributed by atoms with E-state index < -0.39 is 0 Å². The van der Waals surface area contributed by atoms with Crippen LogP contribution in [0.5, 0.6) is 0 Å². The molecule has 0 unspecified atom stereocenters. The van der Waals surface area contributed by atoms with Crippen molar-refractivity contribution in [3.05, 3.63) is 95.3 Å². The van der Waals surface area contributed by atoms with E-state index in [2.05, 4.69) is 15.3 Å². The van der Waals surface area contributed by atoms with Crippen molar-refractivity contribution in [3.63, 3.8) is 0 Å². The van der Waals surface area contributed by atoms with Gasteiger partial charge in [0.05, 0.1) is 16.8 Å². The third-order valence-electron chi connectivity index (χ3n) is 4.84. The van der Waals surface area contributed by atoms with E-state index in [1.807, 2.05) is 84.9 Å². The maximum absolute atomic E-state index is 12.6. The standard InChI is InChI=1S/C23H17N5O/c24-17-11-13-18(14-12-17)28-22(16-9-5-2-6-10-16)19-20(15-7-3-1-4-8-15)25-26-23(29)21(19)27-28/h1-14H,24H2,(H,26,29). The van der Waals surface area contributed by atoms with Gasteiger partial charge in [-0.15, -0.1) is 0 Å². The monoisotopic (exact) mass is 379 g/mol. The van der Waals surface area contributed by atoms with Crippen molar-refractivity contribution in [1.82, 2.24) is 20.0 Å². The second kappa shape index (κ2) is 6.76. The highest BCUT2D eigenvalue weighted by Gasteiger charge is 2.21. The van der Waals surface area contributed by atoms with Crippen molar-refractivity contribution < 1.29 is 0 Å². The molecule has 0 bridgehead atoms. The van der Waals surface area contributed by atoms with Crippen LogP contribution in [0.1, 0.15) is 0 Å². The molecule has 0 amide bonds. The first-order chi connectivity index (χ1) is 14.2. The van der Waals surface area contributed by atoms with Gasteiger partial charge >= 0.3 is 0 Å². The van der Waals surface area contributed by atoms with Crippen LogP contribution in [0.4, 0.5) is 5.69 Å². The zero-order valence-corrected chi connectivity index (χ0v) is 15.4. The Kier molecular flexibility index (Phi) is 3.95. The summed E-state index contributed by atoms with van der Waals surface area (Å²) in [5.74, 6) is 0. The van der Waals surface area contributed by atoms with Crippen molar-refractivity contribution in [2.75, 3.05) is 5.73 Å². The van der Waals surface area contributed by atoms with Crippen LogP contribution < -0.4 is 11.3 Å². The number of nitrogens with two attached hydrogens (primary N) is 1. The van der Waals surface area contributed by atoms with E-state index in [1.54, 1.807) is 4.68 Å². The van der Waals surface area contributed by atoms with E-state index in [1.165, 1.54) is 0 Å². The summed E-state index contributed by atoms with van der Waals surface area (Å²) in [6.07, 6.45) is 0. The van der Waals surface area contributed by atoms with Crippen LogP contribution in [0.2, 0.25) is 0 Å². The molecule has 0 radical (unpaired) electrons. The Morgan fingerprint density at radius 2 is 1.41 bits per heavy atom. The van der Waals surface area contributed by atoms with Gasteiger partial charge in [0, 0.05) is 16.8 Å². The molecule has 3 N–H and O–H groups in total. The van der Waals surface area contributed by atoms with Gasteiger partial charge in [-0.2, -0.15) is 10.2 Å². The molecule has 0 aliphatic carbocycles. The third kappa shape index (κ3) is 2.87. The first kappa shape index (κ1) is 16.9. The number of nitrogen functional groups attached to an aromatic ring is 1. The fourth-order valence-corrected chi connectivity index (χ4v) is 3.49. The van der Waals surface area contributed by atoms with E-state index in [0.717, 1.165) is 22.5 Å². The van der Waals surface area contributed by atoms with Crippen LogP contribution in [0.3, 0.4) is 0 Å². The average Bonchev–Trinajstić information content (AvgIpc) is 3.17. The summed E-state index contributed by atoms with van der Waals surface area (Å²) in [6, 6.07) is 27.1. The number of anilines is 1. The van der Waals surface area contributed by atoms with Crippen LogP contribution in [-0.2, 0) is 0 Å². The molecule has 5 rings (SSSR count). The molecule has 0 spiro atoms. The van der Waals surface area contributed by atoms with Gasteiger partial charge in [-0.3, -0.25) is 4.79 Å². The minimum Gasteiger partial charge on any atom is -0.399 e. The van der Waals surface area contributed by atoms with Crippen LogP contribution in [0, 0.1) is 0 Å². The number of hydrogen-bond donors (Lipinski definition) is 2. The van der Waals surface area contributed by atoms with E-state index in [-0.39, 0.29) is 5.56 Å². The summed E-state index contributed by atoms with van der Waals surface area (Å²) in [5, 5.41) is 12.3. The zero-order valence-electron chi connectivity index (χ0n) is 15.4. The van der Waals surface area contributed by atoms with Gasteiger partial charge in [-0.25, -0.2) is 9.78 Å². The number of nitrogens with zero attached hydrogens (tertiary/aromatic N) is 3. The molecular weight excluding hydrogens is 362 g/mol. The van der Waals surface area contributed by atoms with Gasteiger partial charge in [0.2, 0.25) is 0 Å². The molecular formula is C23H17N5O. The molecule has 0 aliphatic rings. The second-order valence-electron chi connectivity index (χ2n) is 6.71. The van der Waals surface area contributed by atoms with Crippen molar-refractivity contribution >= 4 is 16.6 Å². The fourth-order valence-electron chi connectivity index (χ4n) is 3.49. The molecule has 0 saturated heterocycles. The number of benzene rings is 3. The first-order valence-corrected chi connectivity index (χ1v) is 9.20.